The summed E-state index contributed by atoms with van der Waals surface area (Å²) in [4.78, 5) is 12.1. The average Bonchev–Trinajstić information content (AvgIpc) is 2.35. The van der Waals surface area contributed by atoms with E-state index in [1.807, 2.05) is 0 Å². The van der Waals surface area contributed by atoms with E-state index >= 15 is 0 Å². The largest absolute Gasteiger partial charge is 0.505 e. The smallest absolute Gasteiger partial charge is 0.244 e. The van der Waals surface area contributed by atoms with Crippen LogP contribution in [-0.2, 0) is 4.79 Å². The Kier molecular flexibility index (Phi) is 3.52. The number of nitrogens with one attached hydrogen (secondary N) is 1. The third kappa shape index (κ3) is 2.61. The van der Waals surface area contributed by atoms with E-state index in [1.54, 1.807) is 0 Å². The summed E-state index contributed by atoms with van der Waals surface area (Å²) >= 11 is 0. The second-order valence-corrected chi connectivity index (χ2v) is 4.84. The third-order valence-electron chi connectivity index (χ3n) is 3.40. The molecule has 0 atom stereocenters. The van der Waals surface area contributed by atoms with Gasteiger partial charge in [0.15, 0.2) is 11.6 Å². The van der Waals surface area contributed by atoms with Gasteiger partial charge < -0.3 is 16.2 Å². The highest BCUT2D eigenvalue weighted by molar-refractivity contribution is 5.98. The number of carbonyl (C=O) groups is 1. The molecule has 5 heteroatoms. The Bertz CT molecular complexity index is 456. The van der Waals surface area contributed by atoms with Crippen molar-refractivity contribution in [2.45, 2.75) is 37.6 Å². The minimum absolute atomic E-state index is 0.285. The van der Waals surface area contributed by atoms with Crippen molar-refractivity contribution < 1.29 is 14.3 Å². The van der Waals surface area contributed by atoms with Crippen molar-refractivity contribution in [1.29, 1.82) is 0 Å². The van der Waals surface area contributed by atoms with Gasteiger partial charge in [0, 0.05) is 11.8 Å². The molecule has 4 N–H and O–H groups in total. The molecular formula is C13H17FN2O2. The van der Waals surface area contributed by atoms with Crippen molar-refractivity contribution >= 4 is 11.6 Å². The second kappa shape index (κ2) is 4.94. The summed E-state index contributed by atoms with van der Waals surface area (Å²) in [5.74, 6) is -1.48. The fourth-order valence-electron chi connectivity index (χ4n) is 2.25. The minimum Gasteiger partial charge on any atom is -0.505 e. The number of carbonyl (C=O) groups excluding carboxylic acids is 1. The lowest BCUT2D eigenvalue weighted by Gasteiger charge is -2.31. The fraction of sp³-hybridized carbons (Fsp3) is 0.462. The van der Waals surface area contributed by atoms with Gasteiger partial charge in [0.25, 0.3) is 0 Å². The van der Waals surface area contributed by atoms with Crippen molar-refractivity contribution in [3.63, 3.8) is 0 Å². The lowest BCUT2D eigenvalue weighted by atomic mass is 9.82. The Morgan fingerprint density at radius 2 is 2.00 bits per heavy atom. The molecule has 0 spiro atoms. The molecule has 18 heavy (non-hydrogen) atoms. The van der Waals surface area contributed by atoms with E-state index < -0.39 is 17.1 Å². The number of hydrogen-bond acceptors (Lipinski definition) is 3. The summed E-state index contributed by atoms with van der Waals surface area (Å²) in [5.41, 5.74) is 5.52. The van der Waals surface area contributed by atoms with Crippen molar-refractivity contribution in [2.24, 2.45) is 5.73 Å². The standard InChI is InChI=1S/C13H17FN2O2/c14-10-8-9(4-5-11(10)17)16-12(18)13(15)6-2-1-3-7-13/h4-5,8,17H,1-3,6-7,15H2,(H,16,18). The fourth-order valence-corrected chi connectivity index (χ4v) is 2.25. The lowest BCUT2D eigenvalue weighted by molar-refractivity contribution is -0.122. The number of benzene rings is 1. The maximum Gasteiger partial charge on any atom is 0.244 e. The SMILES string of the molecule is NC1(C(=O)Nc2ccc(O)c(F)c2)CCCCC1. The van der Waals surface area contributed by atoms with E-state index in [-0.39, 0.29) is 5.91 Å². The van der Waals surface area contributed by atoms with Crippen LogP contribution in [0.3, 0.4) is 0 Å². The van der Waals surface area contributed by atoms with Crippen molar-refractivity contribution in [3.8, 4) is 5.75 Å². The van der Waals surface area contributed by atoms with Gasteiger partial charge in [-0.05, 0) is 25.0 Å². The molecule has 1 amide bonds. The first-order valence-electron chi connectivity index (χ1n) is 6.10. The number of phenolic OH excluding ortho intramolecular Hbond substituents is 1. The lowest BCUT2D eigenvalue weighted by Crippen LogP contribution is -2.52. The van der Waals surface area contributed by atoms with E-state index in [0.29, 0.717) is 18.5 Å². The van der Waals surface area contributed by atoms with Gasteiger partial charge in [-0.1, -0.05) is 19.3 Å². The third-order valence-corrected chi connectivity index (χ3v) is 3.40. The number of phenols is 1. The first-order valence-corrected chi connectivity index (χ1v) is 6.10. The van der Waals surface area contributed by atoms with E-state index in [4.69, 9.17) is 10.8 Å². The van der Waals surface area contributed by atoms with Crippen LogP contribution in [0.15, 0.2) is 18.2 Å². The summed E-state index contributed by atoms with van der Waals surface area (Å²) in [7, 11) is 0. The molecule has 4 nitrogen and oxygen atoms in total. The minimum atomic E-state index is -0.855. The average molecular weight is 252 g/mol. The van der Waals surface area contributed by atoms with E-state index in [9.17, 15) is 9.18 Å². The Hall–Kier alpha value is -1.62. The van der Waals surface area contributed by atoms with Gasteiger partial charge in [-0.3, -0.25) is 4.79 Å². The molecule has 0 radical (unpaired) electrons. The normalized spacial score (nSPS) is 18.3. The van der Waals surface area contributed by atoms with Crippen molar-refractivity contribution in [1.82, 2.24) is 0 Å². The molecule has 0 heterocycles. The maximum absolute atomic E-state index is 13.1. The Morgan fingerprint density at radius 3 is 2.61 bits per heavy atom. The molecule has 1 fully saturated rings. The Balaban J connectivity index is 2.08. The quantitative estimate of drug-likeness (QED) is 0.706. The van der Waals surface area contributed by atoms with Crippen LogP contribution >= 0.6 is 0 Å². The molecule has 0 aliphatic heterocycles. The van der Waals surface area contributed by atoms with E-state index in [2.05, 4.69) is 5.32 Å². The van der Waals surface area contributed by atoms with Crippen LogP contribution in [-0.4, -0.2) is 16.6 Å². The van der Waals surface area contributed by atoms with Crippen LogP contribution in [0.5, 0.6) is 5.75 Å². The highest BCUT2D eigenvalue weighted by atomic mass is 19.1. The van der Waals surface area contributed by atoms with Gasteiger partial charge in [0.1, 0.15) is 0 Å². The summed E-state index contributed by atoms with van der Waals surface area (Å²) < 4.78 is 13.1. The molecule has 1 aromatic rings. The van der Waals surface area contributed by atoms with Crippen LogP contribution in [0.25, 0.3) is 0 Å². The van der Waals surface area contributed by atoms with Crippen LogP contribution in [0.1, 0.15) is 32.1 Å². The van der Waals surface area contributed by atoms with Crippen LogP contribution < -0.4 is 11.1 Å². The number of aromatic hydroxyl groups is 1. The van der Waals surface area contributed by atoms with Gasteiger partial charge in [-0.15, -0.1) is 0 Å². The van der Waals surface area contributed by atoms with Gasteiger partial charge >= 0.3 is 0 Å². The molecule has 0 unspecified atom stereocenters. The van der Waals surface area contributed by atoms with Crippen molar-refractivity contribution in [2.75, 3.05) is 5.32 Å². The van der Waals surface area contributed by atoms with Crippen LogP contribution in [0.4, 0.5) is 10.1 Å². The zero-order valence-electron chi connectivity index (χ0n) is 10.1. The molecule has 1 saturated carbocycles. The number of rotatable bonds is 2. The van der Waals surface area contributed by atoms with Crippen LogP contribution in [0.2, 0.25) is 0 Å². The molecule has 0 saturated heterocycles. The first kappa shape index (κ1) is 12.8. The second-order valence-electron chi connectivity index (χ2n) is 4.84. The predicted octanol–water partition coefficient (Wildman–Crippen LogP) is 2.13. The topological polar surface area (TPSA) is 75.4 Å². The van der Waals surface area contributed by atoms with Crippen LogP contribution in [0, 0.1) is 5.82 Å². The summed E-state index contributed by atoms with van der Waals surface area (Å²) in [6.45, 7) is 0. The zero-order valence-corrected chi connectivity index (χ0v) is 10.1. The van der Waals surface area contributed by atoms with Gasteiger partial charge in [-0.2, -0.15) is 0 Å². The number of halogens is 1. The zero-order chi connectivity index (χ0) is 13.2. The highest BCUT2D eigenvalue weighted by Crippen LogP contribution is 2.27. The number of amides is 1. The molecule has 0 bridgehead atoms. The van der Waals surface area contributed by atoms with Crippen molar-refractivity contribution in [3.05, 3.63) is 24.0 Å². The highest BCUT2D eigenvalue weighted by Gasteiger charge is 2.35. The van der Waals surface area contributed by atoms with Gasteiger partial charge in [0.2, 0.25) is 5.91 Å². The number of hydrogen-bond donors (Lipinski definition) is 3. The molecule has 1 aromatic carbocycles. The maximum atomic E-state index is 13.1. The Morgan fingerprint density at radius 1 is 1.33 bits per heavy atom. The summed E-state index contributed by atoms with van der Waals surface area (Å²) in [6, 6.07) is 3.73. The van der Waals surface area contributed by atoms with E-state index in [0.717, 1.165) is 25.3 Å². The van der Waals surface area contributed by atoms with Gasteiger partial charge in [-0.25, -0.2) is 4.39 Å². The molecule has 0 aromatic heterocycles. The summed E-state index contributed by atoms with van der Waals surface area (Å²) in [5, 5.41) is 11.7. The van der Waals surface area contributed by atoms with Gasteiger partial charge in [0.05, 0.1) is 5.54 Å². The number of nitrogens with two attached hydrogens (primary N) is 1. The number of anilines is 1. The first-order chi connectivity index (χ1) is 8.51. The molecule has 1 aliphatic rings. The predicted molar refractivity (Wildman–Crippen MR) is 66.7 cm³/mol. The molecule has 2 rings (SSSR count). The monoisotopic (exact) mass is 252 g/mol. The molecular weight excluding hydrogens is 235 g/mol. The molecule has 98 valence electrons. The van der Waals surface area contributed by atoms with E-state index in [1.165, 1.54) is 12.1 Å². The molecule has 1 aliphatic carbocycles. The Labute approximate surface area is 105 Å². The summed E-state index contributed by atoms with van der Waals surface area (Å²) in [6.07, 6.45) is 4.28.